The number of halogens is 2. The Hall–Kier alpha value is -4.30. The first-order valence-electron chi connectivity index (χ1n) is 13.6. The Balaban J connectivity index is 1.25. The minimum absolute atomic E-state index is 0.0800. The third kappa shape index (κ3) is 5.91. The van der Waals surface area contributed by atoms with Gasteiger partial charge in [-0.25, -0.2) is 9.78 Å². The quantitative estimate of drug-likeness (QED) is 0.189. The molecule has 0 saturated carbocycles. The number of fused-ring (bicyclic) bond motifs is 2. The molecule has 6 rings (SSSR count). The molecule has 1 aromatic heterocycles. The smallest absolute Gasteiger partial charge is 0.329 e. The molecule has 6 N–H and O–H groups in total. The number of nitrogens with zero attached hydrogens (tertiary/aromatic N) is 4. The number of phenols is 2. The molecule has 4 aromatic rings. The standard InChI is InChI=1S/C29H27Cl2N7O5S/c30-18-6-4-16(8-19(18)31)11-33-29(43)35-37-14-25(41)38-20(9-15-5-7-21(39)22(40)10-15)27(42)36(13-24(37)38)12-17-2-1-3-23-26(17)34-28(32)44-23/h1-8,10,20,24,39-40H,9,11-14H2,(H2,32,34)(H2,33,35,43)/t20-,24+/m0/s1. The van der Waals surface area contributed by atoms with Crippen molar-refractivity contribution in [1.82, 2.24) is 30.5 Å². The second-order valence-corrected chi connectivity index (χ2v) is 12.4. The first-order chi connectivity index (χ1) is 21.1. The highest BCUT2D eigenvalue weighted by molar-refractivity contribution is 7.22. The Kier molecular flexibility index (Phi) is 8.12. The number of piperazine rings is 1. The monoisotopic (exact) mass is 655 g/mol. The fraction of sp³-hybridized carbons (Fsp3) is 0.241. The largest absolute Gasteiger partial charge is 0.504 e. The first-order valence-corrected chi connectivity index (χ1v) is 15.1. The SMILES string of the molecule is Nc1nc2c(CN3C[C@@H]4N(NC(=O)NCc5ccc(Cl)c(Cl)c5)CC(=O)N4[C@@H](Cc4ccc(O)c(O)c4)C3=O)cccc2s1. The molecule has 0 aliphatic carbocycles. The van der Waals surface area contributed by atoms with Gasteiger partial charge in [0.25, 0.3) is 0 Å². The second kappa shape index (κ2) is 12.0. The third-order valence-corrected chi connectivity index (χ3v) is 9.21. The summed E-state index contributed by atoms with van der Waals surface area (Å²) in [4.78, 5) is 47.8. The summed E-state index contributed by atoms with van der Waals surface area (Å²) in [5.74, 6) is -1.26. The van der Waals surface area contributed by atoms with Gasteiger partial charge in [0.05, 0.1) is 33.4 Å². The zero-order valence-electron chi connectivity index (χ0n) is 23.0. The molecule has 2 fully saturated rings. The van der Waals surface area contributed by atoms with Crippen LogP contribution in [0.2, 0.25) is 10.0 Å². The number of amides is 4. The number of nitrogens with two attached hydrogens (primary N) is 1. The molecule has 2 saturated heterocycles. The van der Waals surface area contributed by atoms with E-state index in [0.29, 0.717) is 26.3 Å². The number of thiazole rings is 1. The van der Waals surface area contributed by atoms with Crippen LogP contribution < -0.4 is 16.5 Å². The molecule has 15 heteroatoms. The van der Waals surface area contributed by atoms with E-state index in [1.165, 1.54) is 33.4 Å². The molecule has 2 aliphatic heterocycles. The average Bonchev–Trinajstić information content (AvgIpc) is 3.52. The van der Waals surface area contributed by atoms with Gasteiger partial charge in [0.15, 0.2) is 16.6 Å². The number of nitrogen functional groups attached to an aromatic ring is 1. The highest BCUT2D eigenvalue weighted by Gasteiger charge is 2.50. The van der Waals surface area contributed by atoms with Crippen molar-refractivity contribution in [2.45, 2.75) is 31.7 Å². The lowest BCUT2D eigenvalue weighted by molar-refractivity contribution is -0.154. The van der Waals surface area contributed by atoms with Gasteiger partial charge in [0.2, 0.25) is 11.8 Å². The van der Waals surface area contributed by atoms with Gasteiger partial charge in [-0.2, -0.15) is 5.01 Å². The number of benzene rings is 3. The molecule has 4 amide bonds. The maximum Gasteiger partial charge on any atom is 0.329 e. The van der Waals surface area contributed by atoms with Crippen molar-refractivity contribution in [2.24, 2.45) is 0 Å². The van der Waals surface area contributed by atoms with Gasteiger partial charge in [0.1, 0.15) is 12.2 Å². The first kappa shape index (κ1) is 29.8. The van der Waals surface area contributed by atoms with Gasteiger partial charge in [-0.1, -0.05) is 58.8 Å². The predicted octanol–water partition coefficient (Wildman–Crippen LogP) is 3.43. The van der Waals surface area contributed by atoms with Crippen LogP contribution in [0.3, 0.4) is 0 Å². The van der Waals surface area contributed by atoms with Gasteiger partial charge >= 0.3 is 6.03 Å². The number of aromatic hydroxyl groups is 2. The number of hydrogen-bond donors (Lipinski definition) is 5. The van der Waals surface area contributed by atoms with E-state index in [1.807, 2.05) is 18.2 Å². The average molecular weight is 657 g/mol. The fourth-order valence-electron chi connectivity index (χ4n) is 5.55. The molecule has 3 aromatic carbocycles. The second-order valence-electron chi connectivity index (χ2n) is 10.5. The molecule has 0 unspecified atom stereocenters. The van der Waals surface area contributed by atoms with Gasteiger partial charge in [0, 0.05) is 19.5 Å². The lowest BCUT2D eigenvalue weighted by Gasteiger charge is -2.44. The summed E-state index contributed by atoms with van der Waals surface area (Å²) in [6, 6.07) is 13.5. The van der Waals surface area contributed by atoms with Crippen molar-refractivity contribution in [1.29, 1.82) is 0 Å². The van der Waals surface area contributed by atoms with E-state index in [0.717, 1.165) is 15.8 Å². The van der Waals surface area contributed by atoms with Crippen molar-refractivity contribution in [3.05, 3.63) is 81.3 Å². The number of anilines is 1. The number of carbonyl (C=O) groups excluding carboxylic acids is 3. The van der Waals surface area contributed by atoms with E-state index in [2.05, 4.69) is 15.7 Å². The van der Waals surface area contributed by atoms with Gasteiger partial charge in [-0.15, -0.1) is 0 Å². The topological polar surface area (TPSA) is 164 Å². The van der Waals surface area contributed by atoms with Crippen LogP contribution in [0, 0.1) is 0 Å². The van der Waals surface area contributed by atoms with E-state index in [-0.39, 0.29) is 55.9 Å². The van der Waals surface area contributed by atoms with Crippen LogP contribution in [0.15, 0.2) is 54.6 Å². The molecule has 0 bridgehead atoms. The van der Waals surface area contributed by atoms with E-state index >= 15 is 0 Å². The van der Waals surface area contributed by atoms with Crippen LogP contribution in [-0.2, 0) is 29.1 Å². The van der Waals surface area contributed by atoms with E-state index < -0.39 is 18.2 Å². The van der Waals surface area contributed by atoms with Crippen molar-refractivity contribution in [3.63, 3.8) is 0 Å². The number of phenolic OH excluding ortho intramolecular Hbond substituents is 2. The number of hydrazine groups is 1. The lowest BCUT2D eigenvalue weighted by Crippen LogP contribution is -2.65. The number of rotatable bonds is 7. The van der Waals surface area contributed by atoms with E-state index in [4.69, 9.17) is 28.9 Å². The van der Waals surface area contributed by atoms with Crippen LogP contribution in [0.5, 0.6) is 11.5 Å². The number of hydrogen-bond acceptors (Lipinski definition) is 9. The molecule has 3 heterocycles. The van der Waals surface area contributed by atoms with Crippen LogP contribution in [0.25, 0.3) is 10.2 Å². The minimum atomic E-state index is -0.934. The van der Waals surface area contributed by atoms with Crippen LogP contribution in [-0.4, -0.2) is 73.1 Å². The summed E-state index contributed by atoms with van der Waals surface area (Å²) in [5, 5.41) is 25.3. The summed E-state index contributed by atoms with van der Waals surface area (Å²) in [5.41, 5.74) is 11.5. The maximum atomic E-state index is 14.0. The molecule has 2 atom stereocenters. The van der Waals surface area contributed by atoms with Crippen LogP contribution >= 0.6 is 34.5 Å². The predicted molar refractivity (Wildman–Crippen MR) is 166 cm³/mol. The Morgan fingerprint density at radius 2 is 1.84 bits per heavy atom. The molecule has 0 spiro atoms. The molecular formula is C29H27Cl2N7O5S. The van der Waals surface area contributed by atoms with Crippen molar-refractivity contribution >= 4 is 67.7 Å². The Morgan fingerprint density at radius 3 is 2.61 bits per heavy atom. The number of urea groups is 1. The van der Waals surface area contributed by atoms with Gasteiger partial charge < -0.3 is 31.1 Å². The molecule has 44 heavy (non-hydrogen) atoms. The number of aromatic nitrogens is 1. The van der Waals surface area contributed by atoms with Crippen LogP contribution in [0.4, 0.5) is 9.93 Å². The Morgan fingerprint density at radius 1 is 1.05 bits per heavy atom. The third-order valence-electron chi connectivity index (χ3n) is 7.62. The Bertz CT molecular complexity index is 1790. The molecule has 12 nitrogen and oxygen atoms in total. The van der Waals surface area contributed by atoms with Crippen molar-refractivity contribution in [3.8, 4) is 11.5 Å². The molecule has 2 aliphatic rings. The lowest BCUT2D eigenvalue weighted by atomic mass is 9.99. The summed E-state index contributed by atoms with van der Waals surface area (Å²) >= 11 is 13.4. The molecule has 0 radical (unpaired) electrons. The summed E-state index contributed by atoms with van der Waals surface area (Å²) in [6.45, 7) is 0.330. The zero-order chi connectivity index (χ0) is 31.1. The summed E-state index contributed by atoms with van der Waals surface area (Å²) < 4.78 is 0.889. The maximum absolute atomic E-state index is 14.0. The number of nitrogens with one attached hydrogen (secondary N) is 2. The van der Waals surface area contributed by atoms with Crippen LogP contribution in [0.1, 0.15) is 16.7 Å². The highest BCUT2D eigenvalue weighted by Crippen LogP contribution is 2.32. The van der Waals surface area contributed by atoms with Gasteiger partial charge in [-0.3, -0.25) is 15.0 Å². The molecule has 228 valence electrons. The van der Waals surface area contributed by atoms with E-state index in [1.54, 1.807) is 29.2 Å². The van der Waals surface area contributed by atoms with E-state index in [9.17, 15) is 24.6 Å². The minimum Gasteiger partial charge on any atom is -0.504 e. The summed E-state index contributed by atoms with van der Waals surface area (Å²) in [7, 11) is 0. The normalized spacial score (nSPS) is 18.6. The molecular weight excluding hydrogens is 629 g/mol. The zero-order valence-corrected chi connectivity index (χ0v) is 25.4. The summed E-state index contributed by atoms with van der Waals surface area (Å²) in [6.07, 6.45) is -0.595. The highest BCUT2D eigenvalue weighted by atomic mass is 35.5. The Labute approximate surface area is 265 Å². The van der Waals surface area contributed by atoms with Gasteiger partial charge in [-0.05, 0) is 47.0 Å². The number of carbonyl (C=O) groups is 3. The fourth-order valence-corrected chi connectivity index (χ4v) is 6.66. The van der Waals surface area contributed by atoms with Crippen molar-refractivity contribution < 1.29 is 24.6 Å². The van der Waals surface area contributed by atoms with Crippen molar-refractivity contribution in [2.75, 3.05) is 18.8 Å². The number of para-hydroxylation sites is 1.